The summed E-state index contributed by atoms with van der Waals surface area (Å²) in [5.41, 5.74) is 0. The van der Waals surface area contributed by atoms with Crippen molar-refractivity contribution in [1.82, 2.24) is 5.32 Å². The third-order valence-electron chi connectivity index (χ3n) is 1.73. The molecule has 0 saturated heterocycles. The van der Waals surface area contributed by atoms with E-state index in [9.17, 15) is 0 Å². The second-order valence-electron chi connectivity index (χ2n) is 2.74. The maximum Gasteiger partial charge on any atom is 0.129 e. The Bertz CT molecular complexity index is 318. The highest BCUT2D eigenvalue weighted by Gasteiger charge is 2.03. The van der Waals surface area contributed by atoms with Gasteiger partial charge in [-0.1, -0.05) is 15.9 Å². The quantitative estimate of drug-likeness (QED) is 0.894. The van der Waals surface area contributed by atoms with Crippen LogP contribution < -0.4 is 10.1 Å². The average Bonchev–Trinajstić information content (AvgIpc) is 2.22. The summed E-state index contributed by atoms with van der Waals surface area (Å²) >= 11 is 3.33. The zero-order chi connectivity index (χ0) is 10.4. The van der Waals surface area contributed by atoms with Crippen molar-refractivity contribution in [2.75, 3.05) is 13.7 Å². The molecule has 4 heteroatoms. The SMILES string of the molecule is CNC(C#N)COc1ccc(Br)cc1. The fourth-order valence-electron chi connectivity index (χ4n) is 0.896. The van der Waals surface area contributed by atoms with Crippen LogP contribution in [0.1, 0.15) is 0 Å². The highest BCUT2D eigenvalue weighted by Crippen LogP contribution is 2.15. The first kappa shape index (κ1) is 11.0. The summed E-state index contributed by atoms with van der Waals surface area (Å²) in [6.45, 7) is 0.356. The molecule has 0 saturated carbocycles. The van der Waals surface area contributed by atoms with Crippen LogP contribution in [0.25, 0.3) is 0 Å². The van der Waals surface area contributed by atoms with E-state index in [1.807, 2.05) is 24.3 Å². The smallest absolute Gasteiger partial charge is 0.129 e. The van der Waals surface area contributed by atoms with Crippen LogP contribution in [0.3, 0.4) is 0 Å². The Labute approximate surface area is 91.8 Å². The normalized spacial score (nSPS) is 11.8. The summed E-state index contributed by atoms with van der Waals surface area (Å²) in [5, 5.41) is 11.5. The van der Waals surface area contributed by atoms with Crippen LogP contribution >= 0.6 is 15.9 Å². The topological polar surface area (TPSA) is 45.0 Å². The number of hydrogen-bond donors (Lipinski definition) is 1. The summed E-state index contributed by atoms with van der Waals surface area (Å²) in [5.74, 6) is 0.767. The number of halogens is 1. The first-order chi connectivity index (χ1) is 6.76. The van der Waals surface area contributed by atoms with Crippen LogP contribution in [-0.4, -0.2) is 19.7 Å². The molecule has 0 heterocycles. The van der Waals surface area contributed by atoms with Gasteiger partial charge in [-0.05, 0) is 31.3 Å². The molecule has 74 valence electrons. The van der Waals surface area contributed by atoms with E-state index >= 15 is 0 Å². The van der Waals surface area contributed by atoms with Crippen LogP contribution in [0.15, 0.2) is 28.7 Å². The second kappa shape index (κ2) is 5.63. The number of nitrogens with zero attached hydrogens (tertiary/aromatic N) is 1. The average molecular weight is 255 g/mol. The van der Waals surface area contributed by atoms with Gasteiger partial charge in [0.25, 0.3) is 0 Å². The number of nitrogens with one attached hydrogen (secondary N) is 1. The van der Waals surface area contributed by atoms with Gasteiger partial charge in [-0.15, -0.1) is 0 Å². The molecule has 3 nitrogen and oxygen atoms in total. The molecule has 1 atom stereocenters. The van der Waals surface area contributed by atoms with Gasteiger partial charge in [-0.25, -0.2) is 0 Å². The lowest BCUT2D eigenvalue weighted by Crippen LogP contribution is -2.29. The van der Waals surface area contributed by atoms with Crippen LogP contribution in [-0.2, 0) is 0 Å². The monoisotopic (exact) mass is 254 g/mol. The molecule has 1 aromatic rings. The van der Waals surface area contributed by atoms with Crippen molar-refractivity contribution < 1.29 is 4.74 Å². The minimum absolute atomic E-state index is 0.265. The Morgan fingerprint density at radius 1 is 1.50 bits per heavy atom. The Morgan fingerprint density at radius 3 is 2.64 bits per heavy atom. The van der Waals surface area contributed by atoms with E-state index in [0.717, 1.165) is 10.2 Å². The molecule has 0 aliphatic rings. The van der Waals surface area contributed by atoms with Gasteiger partial charge in [0.15, 0.2) is 0 Å². The standard InChI is InChI=1S/C10H11BrN2O/c1-13-9(6-12)7-14-10-4-2-8(11)3-5-10/h2-5,9,13H,7H2,1H3. The van der Waals surface area contributed by atoms with Crippen molar-refractivity contribution in [3.63, 3.8) is 0 Å². The molecule has 1 aromatic carbocycles. The van der Waals surface area contributed by atoms with Crippen molar-refractivity contribution >= 4 is 15.9 Å². The highest BCUT2D eigenvalue weighted by atomic mass is 79.9. The number of ether oxygens (including phenoxy) is 1. The van der Waals surface area contributed by atoms with Crippen molar-refractivity contribution in [2.24, 2.45) is 0 Å². The summed E-state index contributed by atoms with van der Waals surface area (Å²) in [4.78, 5) is 0. The molecule has 1 N–H and O–H groups in total. The maximum absolute atomic E-state index is 8.65. The van der Waals surface area contributed by atoms with Gasteiger partial charge in [0.05, 0.1) is 6.07 Å². The zero-order valence-electron chi connectivity index (χ0n) is 7.83. The van der Waals surface area contributed by atoms with E-state index in [4.69, 9.17) is 10.00 Å². The summed E-state index contributed by atoms with van der Waals surface area (Å²) in [6, 6.07) is 9.33. The van der Waals surface area contributed by atoms with Gasteiger partial charge in [-0.3, -0.25) is 0 Å². The lowest BCUT2D eigenvalue weighted by Gasteiger charge is -2.09. The lowest BCUT2D eigenvalue weighted by molar-refractivity contribution is 0.295. The van der Waals surface area contributed by atoms with Crippen LogP contribution in [0.5, 0.6) is 5.75 Å². The number of rotatable bonds is 4. The van der Waals surface area contributed by atoms with Crippen LogP contribution in [0, 0.1) is 11.3 Å². The Morgan fingerprint density at radius 2 is 2.14 bits per heavy atom. The second-order valence-corrected chi connectivity index (χ2v) is 3.65. The number of benzene rings is 1. The summed E-state index contributed by atoms with van der Waals surface area (Å²) in [6.07, 6.45) is 0. The molecule has 0 bridgehead atoms. The van der Waals surface area contributed by atoms with Gasteiger partial charge in [0.1, 0.15) is 18.4 Å². The maximum atomic E-state index is 8.65. The first-order valence-corrected chi connectivity index (χ1v) is 5.01. The molecule has 0 aliphatic heterocycles. The molecular formula is C10H11BrN2O. The minimum atomic E-state index is -0.265. The van der Waals surface area contributed by atoms with E-state index < -0.39 is 0 Å². The lowest BCUT2D eigenvalue weighted by atomic mass is 10.3. The van der Waals surface area contributed by atoms with Crippen molar-refractivity contribution in [1.29, 1.82) is 5.26 Å². The van der Waals surface area contributed by atoms with Crippen molar-refractivity contribution in [3.8, 4) is 11.8 Å². The number of likely N-dealkylation sites (N-methyl/N-ethyl adjacent to an activating group) is 1. The van der Waals surface area contributed by atoms with E-state index in [2.05, 4.69) is 27.3 Å². The largest absolute Gasteiger partial charge is 0.491 e. The molecule has 1 unspecified atom stereocenters. The summed E-state index contributed by atoms with van der Waals surface area (Å²) in [7, 11) is 1.73. The summed E-state index contributed by atoms with van der Waals surface area (Å²) < 4.78 is 6.41. The third kappa shape index (κ3) is 3.36. The van der Waals surface area contributed by atoms with Gasteiger partial charge in [0, 0.05) is 4.47 Å². The molecule has 0 amide bonds. The van der Waals surface area contributed by atoms with Crippen molar-refractivity contribution in [2.45, 2.75) is 6.04 Å². The first-order valence-electron chi connectivity index (χ1n) is 4.21. The van der Waals surface area contributed by atoms with Gasteiger partial charge in [-0.2, -0.15) is 5.26 Å². The number of nitriles is 1. The van der Waals surface area contributed by atoms with Gasteiger partial charge < -0.3 is 10.1 Å². The van der Waals surface area contributed by atoms with E-state index in [1.165, 1.54) is 0 Å². The Hall–Kier alpha value is -1.05. The molecule has 0 aliphatic carbocycles. The molecule has 0 spiro atoms. The van der Waals surface area contributed by atoms with Crippen LogP contribution in [0.4, 0.5) is 0 Å². The fourth-order valence-corrected chi connectivity index (χ4v) is 1.16. The third-order valence-corrected chi connectivity index (χ3v) is 2.26. The predicted octanol–water partition coefficient (Wildman–Crippen LogP) is 1.94. The Balaban J connectivity index is 2.46. The molecule has 14 heavy (non-hydrogen) atoms. The van der Waals surface area contributed by atoms with Crippen molar-refractivity contribution in [3.05, 3.63) is 28.7 Å². The molecule has 0 radical (unpaired) electrons. The van der Waals surface area contributed by atoms with E-state index in [-0.39, 0.29) is 6.04 Å². The number of hydrogen-bond acceptors (Lipinski definition) is 3. The molecule has 0 fully saturated rings. The molecular weight excluding hydrogens is 244 g/mol. The Kier molecular flexibility index (Phi) is 4.44. The van der Waals surface area contributed by atoms with E-state index in [0.29, 0.717) is 6.61 Å². The van der Waals surface area contributed by atoms with E-state index in [1.54, 1.807) is 7.05 Å². The van der Waals surface area contributed by atoms with Crippen LogP contribution in [0.2, 0.25) is 0 Å². The van der Waals surface area contributed by atoms with Gasteiger partial charge >= 0.3 is 0 Å². The molecule has 1 rings (SSSR count). The fraction of sp³-hybridized carbons (Fsp3) is 0.300. The zero-order valence-corrected chi connectivity index (χ0v) is 9.41. The molecule has 0 aromatic heterocycles. The minimum Gasteiger partial charge on any atom is -0.491 e. The predicted molar refractivity (Wildman–Crippen MR) is 58.1 cm³/mol. The highest BCUT2D eigenvalue weighted by molar-refractivity contribution is 9.10. The van der Waals surface area contributed by atoms with Gasteiger partial charge in [0.2, 0.25) is 0 Å².